The summed E-state index contributed by atoms with van der Waals surface area (Å²) >= 11 is 0. The lowest BCUT2D eigenvalue weighted by molar-refractivity contribution is 0.471. The number of hydrogen-bond donors (Lipinski definition) is 3. The highest BCUT2D eigenvalue weighted by Gasteiger charge is 2.16. The van der Waals surface area contributed by atoms with Gasteiger partial charge in [-0.1, -0.05) is 0 Å². The minimum absolute atomic E-state index is 0.457. The van der Waals surface area contributed by atoms with E-state index in [1.807, 2.05) is 25.1 Å². The second-order valence-corrected chi connectivity index (χ2v) is 4.32. The number of hydrogen-bond acceptors (Lipinski definition) is 6. The molecule has 0 aliphatic carbocycles. The highest BCUT2D eigenvalue weighted by atomic mass is 16.4. The third-order valence-corrected chi connectivity index (χ3v) is 2.79. The second-order valence-electron chi connectivity index (χ2n) is 4.32. The van der Waals surface area contributed by atoms with Gasteiger partial charge in [-0.2, -0.15) is 0 Å². The zero-order chi connectivity index (χ0) is 12.4. The Bertz CT molecular complexity index is 535. The number of aryl methyl sites for hydroxylation is 1. The molecule has 3 rings (SSSR count). The van der Waals surface area contributed by atoms with E-state index in [-0.39, 0.29) is 0 Å². The van der Waals surface area contributed by atoms with Gasteiger partial charge < -0.3 is 20.4 Å². The predicted octanol–water partition coefficient (Wildman–Crippen LogP) is 1.51. The van der Waals surface area contributed by atoms with Gasteiger partial charge in [0.1, 0.15) is 23.7 Å². The summed E-state index contributed by atoms with van der Waals surface area (Å²) in [6.07, 6.45) is 1.53. The van der Waals surface area contributed by atoms with Crippen molar-refractivity contribution in [1.29, 1.82) is 0 Å². The molecule has 1 fully saturated rings. The fraction of sp³-hybridized carbons (Fsp3) is 0.333. The van der Waals surface area contributed by atoms with Gasteiger partial charge in [0, 0.05) is 25.2 Å². The van der Waals surface area contributed by atoms with E-state index >= 15 is 0 Å². The van der Waals surface area contributed by atoms with Gasteiger partial charge >= 0.3 is 0 Å². The summed E-state index contributed by atoms with van der Waals surface area (Å²) in [5.41, 5.74) is 0. The van der Waals surface area contributed by atoms with Gasteiger partial charge in [-0.15, -0.1) is 0 Å². The van der Waals surface area contributed by atoms with Crippen molar-refractivity contribution < 1.29 is 4.42 Å². The van der Waals surface area contributed by atoms with E-state index in [1.54, 1.807) is 0 Å². The van der Waals surface area contributed by atoms with Crippen molar-refractivity contribution in [2.45, 2.75) is 13.0 Å². The van der Waals surface area contributed by atoms with Crippen molar-refractivity contribution in [1.82, 2.24) is 15.3 Å². The van der Waals surface area contributed by atoms with Crippen LogP contribution in [0.3, 0.4) is 0 Å². The van der Waals surface area contributed by atoms with Crippen molar-refractivity contribution in [3.63, 3.8) is 0 Å². The molecule has 1 saturated heterocycles. The monoisotopic (exact) mass is 245 g/mol. The number of nitrogens with one attached hydrogen (secondary N) is 3. The van der Waals surface area contributed by atoms with E-state index in [9.17, 15) is 0 Å². The van der Waals surface area contributed by atoms with Crippen LogP contribution in [0.2, 0.25) is 0 Å². The maximum Gasteiger partial charge on any atom is 0.198 e. The maximum atomic E-state index is 5.44. The Morgan fingerprint density at radius 2 is 2.11 bits per heavy atom. The van der Waals surface area contributed by atoms with E-state index in [2.05, 4.69) is 25.9 Å². The van der Waals surface area contributed by atoms with Crippen LogP contribution in [0.25, 0.3) is 0 Å². The summed E-state index contributed by atoms with van der Waals surface area (Å²) in [6.45, 7) is 3.86. The number of aromatic nitrogens is 2. The Morgan fingerprint density at radius 3 is 2.78 bits per heavy atom. The van der Waals surface area contributed by atoms with Gasteiger partial charge in [0.25, 0.3) is 0 Å². The molecule has 0 saturated carbocycles. The first-order valence-corrected chi connectivity index (χ1v) is 5.92. The van der Waals surface area contributed by atoms with Crippen LogP contribution in [0.15, 0.2) is 28.9 Å². The Balaban J connectivity index is 1.69. The lowest BCUT2D eigenvalue weighted by Gasteiger charge is -2.28. The van der Waals surface area contributed by atoms with E-state index < -0.39 is 0 Å². The minimum atomic E-state index is 0.457. The molecule has 2 aromatic rings. The molecule has 0 spiro atoms. The van der Waals surface area contributed by atoms with Crippen LogP contribution in [0.1, 0.15) is 5.76 Å². The summed E-state index contributed by atoms with van der Waals surface area (Å²) in [7, 11) is 0. The Labute approximate surface area is 105 Å². The van der Waals surface area contributed by atoms with Crippen molar-refractivity contribution in [2.75, 3.05) is 23.7 Å². The smallest absolute Gasteiger partial charge is 0.198 e. The van der Waals surface area contributed by atoms with Crippen molar-refractivity contribution >= 4 is 17.5 Å². The lowest BCUT2D eigenvalue weighted by atomic mass is 10.2. The molecule has 0 bridgehead atoms. The molecule has 1 aliphatic rings. The summed E-state index contributed by atoms with van der Waals surface area (Å²) in [5, 5.41) is 9.63. The third-order valence-electron chi connectivity index (χ3n) is 2.79. The van der Waals surface area contributed by atoms with Crippen molar-refractivity contribution in [3.8, 4) is 0 Å². The van der Waals surface area contributed by atoms with Crippen molar-refractivity contribution in [3.05, 3.63) is 30.3 Å². The first kappa shape index (κ1) is 11.0. The van der Waals surface area contributed by atoms with Gasteiger partial charge in [0.2, 0.25) is 0 Å². The SMILES string of the molecule is Cc1ccc(Nc2cc(NC3CNC3)ncn2)o1. The Hall–Kier alpha value is -2.08. The van der Waals surface area contributed by atoms with Gasteiger partial charge in [0.05, 0.1) is 6.04 Å². The molecule has 0 radical (unpaired) electrons. The minimum Gasteiger partial charge on any atom is -0.446 e. The summed E-state index contributed by atoms with van der Waals surface area (Å²) in [6, 6.07) is 6.11. The number of furan rings is 1. The molecule has 1 aliphatic heterocycles. The fourth-order valence-electron chi connectivity index (χ4n) is 1.73. The topological polar surface area (TPSA) is 75.0 Å². The molecule has 3 N–H and O–H groups in total. The third kappa shape index (κ3) is 2.43. The number of nitrogens with zero attached hydrogens (tertiary/aromatic N) is 2. The van der Waals surface area contributed by atoms with Crippen LogP contribution in [0.4, 0.5) is 17.5 Å². The van der Waals surface area contributed by atoms with Crippen LogP contribution < -0.4 is 16.0 Å². The van der Waals surface area contributed by atoms with E-state index in [0.29, 0.717) is 17.7 Å². The predicted molar refractivity (Wildman–Crippen MR) is 69.0 cm³/mol. The Morgan fingerprint density at radius 1 is 1.28 bits per heavy atom. The molecule has 6 heteroatoms. The van der Waals surface area contributed by atoms with Gasteiger partial charge in [-0.25, -0.2) is 9.97 Å². The largest absolute Gasteiger partial charge is 0.446 e. The molecule has 0 atom stereocenters. The second kappa shape index (κ2) is 4.66. The summed E-state index contributed by atoms with van der Waals surface area (Å²) in [5.74, 6) is 3.09. The summed E-state index contributed by atoms with van der Waals surface area (Å²) in [4.78, 5) is 8.34. The normalized spacial score (nSPS) is 15.2. The van der Waals surface area contributed by atoms with Gasteiger partial charge in [0.15, 0.2) is 5.88 Å². The fourth-order valence-corrected chi connectivity index (χ4v) is 1.73. The quantitative estimate of drug-likeness (QED) is 0.758. The molecular formula is C12H15N5O. The Kier molecular flexibility index (Phi) is 2.85. The number of rotatable bonds is 4. The maximum absolute atomic E-state index is 5.44. The number of anilines is 3. The zero-order valence-electron chi connectivity index (χ0n) is 10.1. The van der Waals surface area contributed by atoms with Crippen LogP contribution in [-0.2, 0) is 0 Å². The molecule has 0 aromatic carbocycles. The average molecular weight is 245 g/mol. The van der Waals surface area contributed by atoms with Gasteiger partial charge in [-0.3, -0.25) is 0 Å². The molecule has 18 heavy (non-hydrogen) atoms. The summed E-state index contributed by atoms with van der Waals surface area (Å²) < 4.78 is 5.44. The van der Waals surface area contributed by atoms with Crippen molar-refractivity contribution in [2.24, 2.45) is 0 Å². The molecule has 3 heterocycles. The molecule has 0 unspecified atom stereocenters. The van der Waals surface area contributed by atoms with Crippen LogP contribution in [0.5, 0.6) is 0 Å². The molecule has 0 amide bonds. The molecular weight excluding hydrogens is 230 g/mol. The lowest BCUT2D eigenvalue weighted by Crippen LogP contribution is -2.51. The zero-order valence-corrected chi connectivity index (χ0v) is 10.1. The molecule has 6 nitrogen and oxygen atoms in total. The average Bonchev–Trinajstić information content (AvgIpc) is 2.70. The van der Waals surface area contributed by atoms with E-state index in [1.165, 1.54) is 6.33 Å². The highest BCUT2D eigenvalue weighted by Crippen LogP contribution is 2.18. The first-order chi connectivity index (χ1) is 8.79. The van der Waals surface area contributed by atoms with E-state index in [0.717, 1.165) is 24.7 Å². The first-order valence-electron chi connectivity index (χ1n) is 5.92. The molecule has 94 valence electrons. The highest BCUT2D eigenvalue weighted by molar-refractivity contribution is 5.54. The van der Waals surface area contributed by atoms with Crippen LogP contribution in [0, 0.1) is 6.92 Å². The van der Waals surface area contributed by atoms with E-state index in [4.69, 9.17) is 4.42 Å². The standard InChI is InChI=1S/C12H15N5O/c1-8-2-3-12(18-8)17-11-4-10(14-7-15-11)16-9-5-13-6-9/h2-4,7,9,13H,5-6H2,1H3,(H2,14,15,16,17). The van der Waals surface area contributed by atoms with Crippen LogP contribution >= 0.6 is 0 Å². The molecule has 2 aromatic heterocycles. The van der Waals surface area contributed by atoms with Crippen LogP contribution in [-0.4, -0.2) is 29.1 Å². The van der Waals surface area contributed by atoms with Gasteiger partial charge in [-0.05, 0) is 13.0 Å².